The smallest absolute Gasteiger partial charge is 0.276 e. The fourth-order valence-electron chi connectivity index (χ4n) is 7.57. The lowest BCUT2D eigenvalue weighted by Crippen LogP contribution is -2.50. The number of likely N-dealkylation sites (tertiary alicyclic amines) is 1. The molecule has 1 aliphatic rings. The maximum atomic E-state index is 13.5. The molecule has 1 saturated heterocycles. The number of aryl methyl sites for hydroxylation is 2. The summed E-state index contributed by atoms with van der Waals surface area (Å²) in [6.07, 6.45) is 9.37. The molecular formula is C43H51N15O5. The van der Waals surface area contributed by atoms with Gasteiger partial charge in [0.2, 0.25) is 23.7 Å². The second-order valence-electron chi connectivity index (χ2n) is 15.3. The molecule has 6 heterocycles. The van der Waals surface area contributed by atoms with Gasteiger partial charge in [0.25, 0.3) is 5.91 Å². The van der Waals surface area contributed by atoms with Gasteiger partial charge in [0.05, 0.1) is 23.4 Å². The van der Waals surface area contributed by atoms with Gasteiger partial charge < -0.3 is 37.1 Å². The van der Waals surface area contributed by atoms with Crippen LogP contribution >= 0.6 is 0 Å². The minimum absolute atomic E-state index is 0.0435. The second kappa shape index (κ2) is 18.6. The van der Waals surface area contributed by atoms with E-state index >= 15 is 0 Å². The van der Waals surface area contributed by atoms with Crippen molar-refractivity contribution in [3.63, 3.8) is 0 Å². The lowest BCUT2D eigenvalue weighted by Gasteiger charge is -2.39. The number of aliphatic imine (C=N–C) groups is 1. The van der Waals surface area contributed by atoms with E-state index in [0.29, 0.717) is 103 Å². The molecule has 1 fully saturated rings. The van der Waals surface area contributed by atoms with Crippen molar-refractivity contribution >= 4 is 68.4 Å². The Kier molecular flexibility index (Phi) is 12.9. The van der Waals surface area contributed by atoms with Gasteiger partial charge in [-0.25, -0.2) is 19.9 Å². The number of pyridine rings is 1. The zero-order chi connectivity index (χ0) is 44.9. The van der Waals surface area contributed by atoms with Gasteiger partial charge in [-0.15, -0.1) is 0 Å². The molecule has 0 aliphatic carbocycles. The highest BCUT2D eigenvalue weighted by atomic mass is 16.5. The van der Waals surface area contributed by atoms with Crippen molar-refractivity contribution < 1.29 is 23.9 Å². The highest BCUT2D eigenvalue weighted by molar-refractivity contribution is 6.47. The average molecular weight is 858 g/mol. The number of nitrogens with one attached hydrogen (secondary N) is 1. The number of carbonyl (C=O) groups is 4. The molecule has 0 atom stereocenters. The van der Waals surface area contributed by atoms with E-state index in [1.54, 1.807) is 41.6 Å². The third-order valence-corrected chi connectivity index (χ3v) is 10.6. The van der Waals surface area contributed by atoms with Crippen LogP contribution in [0.3, 0.4) is 0 Å². The van der Waals surface area contributed by atoms with Gasteiger partial charge in [0.1, 0.15) is 28.3 Å². The Morgan fingerprint density at radius 3 is 2.35 bits per heavy atom. The molecule has 0 bridgehead atoms. The van der Waals surface area contributed by atoms with Crippen molar-refractivity contribution in [3.8, 4) is 17.3 Å². The van der Waals surface area contributed by atoms with Crippen molar-refractivity contribution in [2.75, 3.05) is 38.1 Å². The quantitative estimate of drug-likeness (QED) is 0.0616. The summed E-state index contributed by atoms with van der Waals surface area (Å²) in [5.41, 5.74) is 27.4. The lowest BCUT2D eigenvalue weighted by atomic mass is 9.96. The number of ether oxygens (including phenoxy) is 1. The third-order valence-electron chi connectivity index (χ3n) is 10.6. The molecule has 7 rings (SSSR count). The van der Waals surface area contributed by atoms with E-state index in [1.807, 2.05) is 41.3 Å². The van der Waals surface area contributed by atoms with E-state index in [1.165, 1.54) is 18.3 Å². The number of nitrogens with two attached hydrogens (primary N) is 4. The van der Waals surface area contributed by atoms with Crippen LogP contribution in [0.5, 0.6) is 5.75 Å². The molecule has 20 nitrogen and oxygen atoms in total. The Morgan fingerprint density at radius 1 is 0.921 bits per heavy atom. The van der Waals surface area contributed by atoms with E-state index in [-0.39, 0.29) is 47.7 Å². The summed E-state index contributed by atoms with van der Waals surface area (Å²) in [7, 11) is 0. The Balaban J connectivity index is 1.27. The number of nitrogens with zero attached hydrogens (tertiary/aromatic N) is 10. The molecule has 0 saturated carbocycles. The van der Waals surface area contributed by atoms with E-state index in [0.717, 1.165) is 11.4 Å². The van der Waals surface area contributed by atoms with Gasteiger partial charge in [-0.3, -0.25) is 38.7 Å². The molecule has 63 heavy (non-hydrogen) atoms. The monoisotopic (exact) mass is 857 g/mol. The molecule has 20 heteroatoms. The number of amides is 4. The van der Waals surface area contributed by atoms with E-state index in [4.69, 9.17) is 37.6 Å². The third kappa shape index (κ3) is 9.25. The zero-order valence-electron chi connectivity index (χ0n) is 35.7. The van der Waals surface area contributed by atoms with Gasteiger partial charge in [0.15, 0.2) is 11.5 Å². The van der Waals surface area contributed by atoms with E-state index in [9.17, 15) is 19.2 Å². The molecule has 9 N–H and O–H groups in total. The number of hydrogen-bond acceptors (Lipinski definition) is 13. The molecule has 1 aliphatic heterocycles. The highest BCUT2D eigenvalue weighted by Gasteiger charge is 2.30. The van der Waals surface area contributed by atoms with E-state index < -0.39 is 17.7 Å². The Bertz CT molecular complexity index is 2840. The number of allylic oxidation sites excluding steroid dienone is 3. The topological polar surface area (TPSA) is 288 Å². The van der Waals surface area contributed by atoms with Crippen LogP contribution in [0, 0.1) is 12.8 Å². The first-order valence-electron chi connectivity index (χ1n) is 20.7. The summed E-state index contributed by atoms with van der Waals surface area (Å²) in [4.78, 5) is 75.5. The Morgan fingerprint density at radius 2 is 1.67 bits per heavy atom. The minimum atomic E-state index is -0.673. The summed E-state index contributed by atoms with van der Waals surface area (Å²) in [6.45, 7) is 10.7. The van der Waals surface area contributed by atoms with Crippen molar-refractivity contribution in [1.82, 2.24) is 43.8 Å². The molecule has 328 valence electrons. The average Bonchev–Trinajstić information content (AvgIpc) is 3.89. The van der Waals surface area contributed by atoms with Crippen LogP contribution in [0.25, 0.3) is 44.6 Å². The summed E-state index contributed by atoms with van der Waals surface area (Å²) >= 11 is 0. The molecule has 4 amide bonds. The SMILES string of the molecule is CCN=C(/C=C(/C)N)C(=O)Nc1nc2cc(C(N)=O)cnc2n1C/C=C/Cn1c2nc(-c3cc(C)nn3CC)ncc2c2cc(C(N)=O)cc(OCCC3CN(C(=O)CCN)C3)c21. The number of carbonyl (C=O) groups excluding carboxylic acids is 4. The number of imidazole rings is 1. The molecule has 0 spiro atoms. The molecule has 0 radical (unpaired) electrons. The van der Waals surface area contributed by atoms with Crippen molar-refractivity contribution in [2.24, 2.45) is 33.8 Å². The first-order chi connectivity index (χ1) is 30.3. The summed E-state index contributed by atoms with van der Waals surface area (Å²) in [5, 5.41) is 8.77. The van der Waals surface area contributed by atoms with Gasteiger partial charge in [0, 0.05) is 86.7 Å². The van der Waals surface area contributed by atoms with Crippen LogP contribution in [-0.4, -0.2) is 106 Å². The summed E-state index contributed by atoms with van der Waals surface area (Å²) in [5.74, 6) is -0.466. The predicted octanol–water partition coefficient (Wildman–Crippen LogP) is 2.81. The highest BCUT2D eigenvalue weighted by Crippen LogP contribution is 2.37. The van der Waals surface area contributed by atoms with Crippen molar-refractivity contribution in [3.05, 3.63) is 77.4 Å². The normalized spacial score (nSPS) is 13.7. The standard InChI is InChI=1S/C43H51N15O5/c1-5-48-32(15-24(3)45)42(62)53-43-51-31-18-28(38(47)61)20-50-41(31)57(43)13-8-7-12-56-36-29(30-21-49-39(52-40(30)56)33-16-25(4)54-58(33)6-2)17-27(37(46)60)19-34(36)63-14-10-26-22-55(23-26)35(59)9-11-44/h7-8,15-21,26H,5-6,9-14,22-23,44-45H2,1-4H3,(H2,46,60)(H2,47,61)(H,51,53,62)/b8-7+,24-15-,48-32?. The molecule has 6 aromatic rings. The number of primary amides is 2. The Labute approximate surface area is 362 Å². The number of hydrogen-bond donors (Lipinski definition) is 5. The van der Waals surface area contributed by atoms with Crippen LogP contribution in [0.1, 0.15) is 60.0 Å². The lowest BCUT2D eigenvalue weighted by molar-refractivity contribution is -0.137. The first-order valence-corrected chi connectivity index (χ1v) is 20.7. The molecule has 1 aromatic carbocycles. The number of anilines is 1. The van der Waals surface area contributed by atoms with Gasteiger partial charge in [-0.1, -0.05) is 12.2 Å². The first kappa shape index (κ1) is 43.6. The molecule has 0 unspecified atom stereocenters. The van der Waals surface area contributed by atoms with E-state index in [2.05, 4.69) is 25.4 Å². The van der Waals surface area contributed by atoms with Crippen LogP contribution < -0.4 is 33.0 Å². The maximum Gasteiger partial charge on any atom is 0.276 e. The number of rotatable bonds is 18. The fraction of sp³-hybridized carbons (Fsp3) is 0.349. The Hall–Kier alpha value is -7.48. The van der Waals surface area contributed by atoms with Crippen LogP contribution in [0.4, 0.5) is 5.95 Å². The number of aromatic nitrogens is 8. The van der Waals surface area contributed by atoms with Crippen molar-refractivity contribution in [1.29, 1.82) is 0 Å². The number of benzene rings is 1. The summed E-state index contributed by atoms with van der Waals surface area (Å²) < 4.78 is 12.0. The van der Waals surface area contributed by atoms with Gasteiger partial charge in [-0.05, 0) is 70.4 Å². The van der Waals surface area contributed by atoms with Crippen molar-refractivity contribution in [2.45, 2.75) is 60.2 Å². The second-order valence-corrected chi connectivity index (χ2v) is 15.3. The van der Waals surface area contributed by atoms with Gasteiger partial charge >= 0.3 is 0 Å². The summed E-state index contributed by atoms with van der Waals surface area (Å²) in [6, 6.07) is 6.80. The number of fused-ring (bicyclic) bond motifs is 4. The largest absolute Gasteiger partial charge is 0.491 e. The zero-order valence-corrected chi connectivity index (χ0v) is 35.7. The predicted molar refractivity (Wildman–Crippen MR) is 239 cm³/mol. The fourth-order valence-corrected chi connectivity index (χ4v) is 7.57. The van der Waals surface area contributed by atoms with Crippen LogP contribution in [0.2, 0.25) is 0 Å². The molecular weight excluding hydrogens is 807 g/mol. The van der Waals surface area contributed by atoms with Crippen LogP contribution in [-0.2, 0) is 29.2 Å². The minimum Gasteiger partial charge on any atom is -0.491 e. The molecule has 5 aromatic heterocycles. The van der Waals surface area contributed by atoms with Crippen LogP contribution in [0.15, 0.2) is 65.6 Å². The van der Waals surface area contributed by atoms with Gasteiger partial charge in [-0.2, -0.15) is 5.10 Å². The maximum absolute atomic E-state index is 13.5.